The summed E-state index contributed by atoms with van der Waals surface area (Å²) in [6.45, 7) is 6.20. The quantitative estimate of drug-likeness (QED) is 0.841. The van der Waals surface area contributed by atoms with E-state index < -0.39 is 0 Å². The Balaban J connectivity index is 1.62. The van der Waals surface area contributed by atoms with Crippen LogP contribution < -0.4 is 15.5 Å². The predicted octanol–water partition coefficient (Wildman–Crippen LogP) is 1.60. The number of amides is 3. The van der Waals surface area contributed by atoms with Crippen LogP contribution in [0.1, 0.15) is 33.1 Å². The number of anilines is 2. The second-order valence-corrected chi connectivity index (χ2v) is 7.54. The van der Waals surface area contributed by atoms with E-state index in [0.29, 0.717) is 31.1 Å². The number of para-hydroxylation sites is 2. The number of hydrogen-bond acceptors (Lipinski definition) is 4. The van der Waals surface area contributed by atoms with Gasteiger partial charge in [-0.15, -0.1) is 0 Å². The molecule has 0 spiro atoms. The fraction of sp³-hybridized carbons (Fsp3) is 0.550. The minimum atomic E-state index is -0.182. The largest absolute Gasteiger partial charge is 0.356 e. The zero-order valence-corrected chi connectivity index (χ0v) is 16.0. The highest BCUT2D eigenvalue weighted by Gasteiger charge is 2.31. The Hall–Kier alpha value is -2.41. The lowest BCUT2D eigenvalue weighted by atomic mass is 9.96. The van der Waals surface area contributed by atoms with E-state index >= 15 is 0 Å². The van der Waals surface area contributed by atoms with Gasteiger partial charge in [-0.3, -0.25) is 19.3 Å². The SMILES string of the molecule is CC(=O)NCC1CCN(CC(=O)N2c3ccccc3NC(=O)CC2C)CC1. The fourth-order valence-electron chi connectivity index (χ4n) is 3.87. The lowest BCUT2D eigenvalue weighted by Gasteiger charge is -2.34. The van der Waals surface area contributed by atoms with Gasteiger partial charge in [-0.05, 0) is 50.9 Å². The molecule has 0 aromatic heterocycles. The Morgan fingerprint density at radius 3 is 2.63 bits per heavy atom. The van der Waals surface area contributed by atoms with Gasteiger partial charge in [-0.25, -0.2) is 0 Å². The molecule has 1 saturated heterocycles. The van der Waals surface area contributed by atoms with Crippen molar-refractivity contribution in [1.82, 2.24) is 10.2 Å². The molecule has 0 bridgehead atoms. The van der Waals surface area contributed by atoms with Gasteiger partial charge in [0.2, 0.25) is 17.7 Å². The molecule has 2 aliphatic rings. The van der Waals surface area contributed by atoms with E-state index in [4.69, 9.17) is 0 Å². The summed E-state index contributed by atoms with van der Waals surface area (Å²) >= 11 is 0. The smallest absolute Gasteiger partial charge is 0.241 e. The molecule has 0 saturated carbocycles. The summed E-state index contributed by atoms with van der Waals surface area (Å²) in [5.74, 6) is 0.431. The fourth-order valence-corrected chi connectivity index (χ4v) is 3.87. The molecule has 7 heteroatoms. The first-order valence-corrected chi connectivity index (χ1v) is 9.61. The van der Waals surface area contributed by atoms with Crippen LogP contribution in [0.2, 0.25) is 0 Å². The molecule has 146 valence electrons. The maximum atomic E-state index is 13.1. The highest BCUT2D eigenvalue weighted by atomic mass is 16.2. The number of carbonyl (C=O) groups excluding carboxylic acids is 3. The number of nitrogens with zero attached hydrogens (tertiary/aromatic N) is 2. The summed E-state index contributed by atoms with van der Waals surface area (Å²) in [6.07, 6.45) is 2.23. The molecule has 1 aromatic rings. The third kappa shape index (κ3) is 4.86. The zero-order valence-electron chi connectivity index (χ0n) is 16.0. The van der Waals surface area contributed by atoms with Crippen LogP contribution >= 0.6 is 0 Å². The highest BCUT2D eigenvalue weighted by Crippen LogP contribution is 2.31. The summed E-state index contributed by atoms with van der Waals surface area (Å²) < 4.78 is 0. The number of nitrogens with one attached hydrogen (secondary N) is 2. The standard InChI is InChI=1S/C20H28N4O3/c1-14-11-19(26)22-17-5-3-4-6-18(17)24(14)20(27)13-23-9-7-16(8-10-23)12-21-15(2)25/h3-6,14,16H,7-13H2,1-2H3,(H,21,25)(H,22,26). The molecule has 2 aliphatic heterocycles. The molecule has 3 rings (SSSR count). The molecule has 2 heterocycles. The lowest BCUT2D eigenvalue weighted by Crippen LogP contribution is -2.47. The van der Waals surface area contributed by atoms with Crippen LogP contribution in [0.3, 0.4) is 0 Å². The van der Waals surface area contributed by atoms with Crippen LogP contribution in [0.4, 0.5) is 11.4 Å². The van der Waals surface area contributed by atoms with Crippen LogP contribution in [0.25, 0.3) is 0 Å². The highest BCUT2D eigenvalue weighted by molar-refractivity contribution is 6.04. The van der Waals surface area contributed by atoms with Gasteiger partial charge in [0, 0.05) is 25.9 Å². The number of likely N-dealkylation sites (tertiary alicyclic amines) is 1. The summed E-state index contributed by atoms with van der Waals surface area (Å²) in [6, 6.07) is 7.28. The van der Waals surface area contributed by atoms with Gasteiger partial charge < -0.3 is 15.5 Å². The first-order valence-electron chi connectivity index (χ1n) is 9.61. The molecule has 1 aromatic carbocycles. The molecule has 7 nitrogen and oxygen atoms in total. The first kappa shape index (κ1) is 19.4. The lowest BCUT2D eigenvalue weighted by molar-refractivity contribution is -0.120. The van der Waals surface area contributed by atoms with Gasteiger partial charge in [0.15, 0.2) is 0 Å². The predicted molar refractivity (Wildman–Crippen MR) is 104 cm³/mol. The van der Waals surface area contributed by atoms with Crippen molar-refractivity contribution in [2.45, 2.75) is 39.2 Å². The second-order valence-electron chi connectivity index (χ2n) is 7.54. The van der Waals surface area contributed by atoms with Crippen molar-refractivity contribution < 1.29 is 14.4 Å². The molecule has 27 heavy (non-hydrogen) atoms. The van der Waals surface area contributed by atoms with Crippen molar-refractivity contribution in [3.8, 4) is 0 Å². The molecule has 0 aliphatic carbocycles. The van der Waals surface area contributed by atoms with E-state index in [0.717, 1.165) is 31.6 Å². The number of hydrogen-bond donors (Lipinski definition) is 2. The van der Waals surface area contributed by atoms with Crippen molar-refractivity contribution >= 4 is 29.1 Å². The van der Waals surface area contributed by atoms with E-state index in [2.05, 4.69) is 15.5 Å². The van der Waals surface area contributed by atoms with E-state index in [-0.39, 0.29) is 23.8 Å². The maximum Gasteiger partial charge on any atom is 0.241 e. The number of rotatable bonds is 4. The maximum absolute atomic E-state index is 13.1. The molecule has 1 fully saturated rings. The third-order valence-electron chi connectivity index (χ3n) is 5.33. The Labute approximate surface area is 160 Å². The third-order valence-corrected chi connectivity index (χ3v) is 5.33. The van der Waals surface area contributed by atoms with Gasteiger partial charge in [-0.1, -0.05) is 12.1 Å². The topological polar surface area (TPSA) is 81.8 Å². The van der Waals surface area contributed by atoms with Gasteiger partial charge in [0.25, 0.3) is 0 Å². The van der Waals surface area contributed by atoms with Crippen molar-refractivity contribution in [1.29, 1.82) is 0 Å². The van der Waals surface area contributed by atoms with Crippen molar-refractivity contribution in [3.05, 3.63) is 24.3 Å². The van der Waals surface area contributed by atoms with E-state index in [1.807, 2.05) is 31.2 Å². The van der Waals surface area contributed by atoms with Crippen LogP contribution in [0.5, 0.6) is 0 Å². The van der Waals surface area contributed by atoms with E-state index in [9.17, 15) is 14.4 Å². The molecular formula is C20H28N4O3. The minimum Gasteiger partial charge on any atom is -0.356 e. The monoisotopic (exact) mass is 372 g/mol. The summed E-state index contributed by atoms with van der Waals surface area (Å²) in [5.41, 5.74) is 1.45. The summed E-state index contributed by atoms with van der Waals surface area (Å²) in [4.78, 5) is 40.1. The van der Waals surface area contributed by atoms with Crippen LogP contribution in [-0.4, -0.2) is 54.8 Å². The summed E-state index contributed by atoms with van der Waals surface area (Å²) in [5, 5.41) is 5.77. The molecule has 1 unspecified atom stereocenters. The molecule has 0 radical (unpaired) electrons. The average Bonchev–Trinajstić information content (AvgIpc) is 2.75. The van der Waals surface area contributed by atoms with E-state index in [1.165, 1.54) is 6.92 Å². The van der Waals surface area contributed by atoms with Crippen LogP contribution in [-0.2, 0) is 14.4 Å². The molecule has 1 atom stereocenters. The van der Waals surface area contributed by atoms with Gasteiger partial charge >= 0.3 is 0 Å². The molecule has 2 N–H and O–H groups in total. The van der Waals surface area contributed by atoms with Gasteiger partial charge in [0.05, 0.1) is 17.9 Å². The number of carbonyl (C=O) groups is 3. The Bertz CT molecular complexity index is 713. The number of piperidine rings is 1. The van der Waals surface area contributed by atoms with Crippen molar-refractivity contribution in [3.63, 3.8) is 0 Å². The number of fused-ring (bicyclic) bond motifs is 1. The molecule has 3 amide bonds. The number of benzene rings is 1. The summed E-state index contributed by atoms with van der Waals surface area (Å²) in [7, 11) is 0. The van der Waals surface area contributed by atoms with Gasteiger partial charge in [-0.2, -0.15) is 0 Å². The average molecular weight is 372 g/mol. The van der Waals surface area contributed by atoms with Crippen molar-refractivity contribution in [2.75, 3.05) is 36.4 Å². The van der Waals surface area contributed by atoms with E-state index in [1.54, 1.807) is 4.90 Å². The van der Waals surface area contributed by atoms with Crippen molar-refractivity contribution in [2.24, 2.45) is 5.92 Å². The van der Waals surface area contributed by atoms with Crippen LogP contribution in [0, 0.1) is 5.92 Å². The minimum absolute atomic E-state index is 0.00424. The Kier molecular flexibility index (Phi) is 6.11. The van der Waals surface area contributed by atoms with Gasteiger partial charge in [0.1, 0.15) is 0 Å². The zero-order chi connectivity index (χ0) is 19.4. The first-order chi connectivity index (χ1) is 12.9. The molecular weight excluding hydrogens is 344 g/mol. The van der Waals surface area contributed by atoms with Crippen LogP contribution in [0.15, 0.2) is 24.3 Å². The normalized spacial score (nSPS) is 21.2. The second kappa shape index (κ2) is 8.52. The Morgan fingerprint density at radius 1 is 1.22 bits per heavy atom. The Morgan fingerprint density at radius 2 is 1.93 bits per heavy atom.